The summed E-state index contributed by atoms with van der Waals surface area (Å²) in [7, 11) is 0. The molecule has 0 aliphatic carbocycles. The van der Waals surface area contributed by atoms with E-state index in [1.165, 1.54) is 83.5 Å². The summed E-state index contributed by atoms with van der Waals surface area (Å²) >= 11 is 0. The van der Waals surface area contributed by atoms with Gasteiger partial charge in [-0.25, -0.2) is 4.79 Å². The van der Waals surface area contributed by atoms with E-state index < -0.39 is 67.3 Å². The molecule has 0 aromatic carbocycles. The van der Waals surface area contributed by atoms with Crippen LogP contribution in [0.1, 0.15) is 239 Å². The van der Waals surface area contributed by atoms with Crippen LogP contribution < -0.4 is 0 Å². The highest BCUT2D eigenvalue weighted by Crippen LogP contribution is 2.26. The molecule has 0 aromatic heterocycles. The lowest BCUT2D eigenvalue weighted by molar-refractivity contribution is -0.301. The second-order valence-corrected chi connectivity index (χ2v) is 19.5. The van der Waals surface area contributed by atoms with Crippen LogP contribution in [0.4, 0.5) is 0 Å². The number of esters is 3. The minimum absolute atomic E-state index is 0.0195. The van der Waals surface area contributed by atoms with Gasteiger partial charge < -0.3 is 39.0 Å². The Morgan fingerprint density at radius 1 is 0.466 bits per heavy atom. The molecular formula is C61H102O12. The van der Waals surface area contributed by atoms with E-state index in [4.69, 9.17) is 23.7 Å². The number of rotatable bonds is 48. The number of carboxylic acids is 1. The summed E-state index contributed by atoms with van der Waals surface area (Å²) in [6.07, 6.45) is 48.8. The van der Waals surface area contributed by atoms with Gasteiger partial charge in [-0.1, -0.05) is 216 Å². The van der Waals surface area contributed by atoms with Crippen molar-refractivity contribution >= 4 is 23.9 Å². The van der Waals surface area contributed by atoms with Crippen LogP contribution in [0.5, 0.6) is 0 Å². The summed E-state index contributed by atoms with van der Waals surface area (Å²) in [5, 5.41) is 31.4. The summed E-state index contributed by atoms with van der Waals surface area (Å²) in [6, 6.07) is 0. The van der Waals surface area contributed by atoms with Gasteiger partial charge in [-0.05, 0) is 77.0 Å². The van der Waals surface area contributed by atoms with Gasteiger partial charge in [0.2, 0.25) is 0 Å². The van der Waals surface area contributed by atoms with Crippen LogP contribution in [0, 0.1) is 0 Å². The number of aliphatic hydroxyl groups excluding tert-OH is 2. The van der Waals surface area contributed by atoms with E-state index >= 15 is 0 Å². The second kappa shape index (κ2) is 49.1. The zero-order valence-electron chi connectivity index (χ0n) is 45.9. The van der Waals surface area contributed by atoms with E-state index in [9.17, 15) is 34.5 Å². The predicted octanol–water partition coefficient (Wildman–Crippen LogP) is 14.6. The van der Waals surface area contributed by atoms with E-state index in [2.05, 4.69) is 81.5 Å². The fraction of sp³-hybridized carbons (Fsp3) is 0.738. The molecule has 3 N–H and O–H groups in total. The first-order valence-corrected chi connectivity index (χ1v) is 28.9. The van der Waals surface area contributed by atoms with Crippen LogP contribution in [0.3, 0.4) is 0 Å². The first-order chi connectivity index (χ1) is 35.6. The van der Waals surface area contributed by atoms with Crippen molar-refractivity contribution in [1.29, 1.82) is 0 Å². The number of ether oxygens (including phenoxy) is 5. The lowest BCUT2D eigenvalue weighted by Gasteiger charge is -2.40. The van der Waals surface area contributed by atoms with Crippen molar-refractivity contribution in [2.24, 2.45) is 0 Å². The molecule has 1 saturated heterocycles. The van der Waals surface area contributed by atoms with Crippen molar-refractivity contribution in [3.05, 3.63) is 72.9 Å². The van der Waals surface area contributed by atoms with Gasteiger partial charge in [-0.3, -0.25) is 14.4 Å². The van der Waals surface area contributed by atoms with Crippen LogP contribution in [-0.2, 0) is 42.9 Å². The standard InChI is InChI=1S/C61H102O12/c1-4-7-10-13-16-19-22-24-26-27-29-31-34-37-40-43-46-49-55(64)72-59-57(66)56(65)58(60(67)68)73-61(59)70-51-52(71-54(63)48-45-42-39-36-32-21-18-15-12-9-6-3)50-69-53(62)47-44-41-38-35-33-30-28-25-23-20-17-14-11-8-5-2/h7,10,15-16,18-19,24,26,29,31,37,40,52,56-59,61,65-66H,4-6,8-9,11-14,17,20-23,25,27-28,30,32-36,38-39,41-51H2,1-3H3,(H,67,68)/b10-7-,18-15-,19-16-,26-24-,31-29-,40-37-. The van der Waals surface area contributed by atoms with Crippen molar-refractivity contribution in [1.82, 2.24) is 0 Å². The normalized spacial score (nSPS) is 18.8. The summed E-state index contributed by atoms with van der Waals surface area (Å²) in [6.45, 7) is 5.81. The Bertz CT molecular complexity index is 1550. The molecule has 6 atom stereocenters. The largest absolute Gasteiger partial charge is 0.479 e. The number of allylic oxidation sites excluding steroid dienone is 12. The Labute approximate surface area is 442 Å². The van der Waals surface area contributed by atoms with Gasteiger partial charge in [0.05, 0.1) is 6.61 Å². The third kappa shape index (κ3) is 39.3. The molecule has 12 heteroatoms. The van der Waals surface area contributed by atoms with Gasteiger partial charge in [0.15, 0.2) is 24.6 Å². The molecule has 0 bridgehead atoms. The molecule has 1 aliphatic rings. The Morgan fingerprint density at radius 3 is 1.41 bits per heavy atom. The first kappa shape index (κ1) is 67.2. The molecule has 1 rings (SSSR count). The summed E-state index contributed by atoms with van der Waals surface area (Å²) < 4.78 is 28.3. The highest BCUT2D eigenvalue weighted by atomic mass is 16.7. The van der Waals surface area contributed by atoms with Crippen molar-refractivity contribution in [3.63, 3.8) is 0 Å². The monoisotopic (exact) mass is 1030 g/mol. The number of hydrogen-bond acceptors (Lipinski definition) is 11. The fourth-order valence-electron chi connectivity index (χ4n) is 8.33. The first-order valence-electron chi connectivity index (χ1n) is 28.9. The third-order valence-corrected chi connectivity index (χ3v) is 12.8. The SMILES string of the molecule is CC/C=C\C/C=C\C/C=C\C/C=C\C/C=C\CCCC(=O)OC1C(OCC(COC(=O)CCCCCCCCCCCCCCCCC)OC(=O)CCCCCCC/C=C\CCCC)OC(C(=O)O)C(O)C1O. The second-order valence-electron chi connectivity index (χ2n) is 19.5. The molecule has 418 valence electrons. The Balaban J connectivity index is 2.72. The minimum atomic E-state index is -1.92. The molecule has 1 aliphatic heterocycles. The molecule has 0 radical (unpaired) electrons. The van der Waals surface area contributed by atoms with Crippen molar-refractivity contribution < 1.29 is 58.2 Å². The number of carboxylic acid groups (broad SMARTS) is 1. The molecule has 0 amide bonds. The van der Waals surface area contributed by atoms with E-state index in [0.29, 0.717) is 25.7 Å². The number of carbonyl (C=O) groups is 4. The Kier molecular flexibility index (Phi) is 45.1. The zero-order chi connectivity index (χ0) is 53.3. The maximum absolute atomic E-state index is 13.1. The number of hydrogen-bond donors (Lipinski definition) is 3. The average Bonchev–Trinajstić information content (AvgIpc) is 3.37. The number of aliphatic carboxylic acids is 1. The molecule has 0 spiro atoms. The van der Waals surface area contributed by atoms with Crippen molar-refractivity contribution in [3.8, 4) is 0 Å². The van der Waals surface area contributed by atoms with E-state index in [1.807, 2.05) is 12.2 Å². The highest BCUT2D eigenvalue weighted by molar-refractivity contribution is 5.74. The molecule has 0 saturated carbocycles. The van der Waals surface area contributed by atoms with Gasteiger partial charge >= 0.3 is 23.9 Å². The van der Waals surface area contributed by atoms with Crippen LogP contribution in [0.25, 0.3) is 0 Å². The summed E-state index contributed by atoms with van der Waals surface area (Å²) in [5.41, 5.74) is 0. The number of carbonyl (C=O) groups excluding carboxylic acids is 3. The molecule has 6 unspecified atom stereocenters. The van der Waals surface area contributed by atoms with Crippen molar-refractivity contribution in [2.45, 2.75) is 276 Å². The summed E-state index contributed by atoms with van der Waals surface area (Å²) in [5.74, 6) is -3.20. The van der Waals surface area contributed by atoms with Gasteiger partial charge in [0.25, 0.3) is 0 Å². The fourth-order valence-corrected chi connectivity index (χ4v) is 8.33. The van der Waals surface area contributed by atoms with Gasteiger partial charge in [-0.2, -0.15) is 0 Å². The molecule has 1 heterocycles. The van der Waals surface area contributed by atoms with Gasteiger partial charge in [0.1, 0.15) is 18.8 Å². The molecule has 73 heavy (non-hydrogen) atoms. The van der Waals surface area contributed by atoms with Crippen LogP contribution in [0.2, 0.25) is 0 Å². The topological polar surface area (TPSA) is 175 Å². The van der Waals surface area contributed by atoms with Gasteiger partial charge in [0, 0.05) is 19.3 Å². The number of aliphatic hydroxyl groups is 2. The third-order valence-electron chi connectivity index (χ3n) is 12.8. The zero-order valence-corrected chi connectivity index (χ0v) is 45.9. The van der Waals surface area contributed by atoms with Gasteiger partial charge in [-0.15, -0.1) is 0 Å². The van der Waals surface area contributed by atoms with E-state index in [1.54, 1.807) is 0 Å². The Hall–Kier alpha value is -3.84. The Morgan fingerprint density at radius 2 is 0.890 bits per heavy atom. The van der Waals surface area contributed by atoms with Crippen LogP contribution in [-0.4, -0.2) is 89.2 Å². The molecule has 12 nitrogen and oxygen atoms in total. The quantitative estimate of drug-likeness (QED) is 0.0228. The van der Waals surface area contributed by atoms with Crippen molar-refractivity contribution in [2.75, 3.05) is 13.2 Å². The molecule has 0 aromatic rings. The maximum Gasteiger partial charge on any atom is 0.335 e. The molecular weight excluding hydrogens is 925 g/mol. The number of unbranched alkanes of at least 4 members (excludes halogenated alkanes) is 22. The highest BCUT2D eigenvalue weighted by Gasteiger charge is 2.50. The lowest BCUT2D eigenvalue weighted by atomic mass is 9.98. The van der Waals surface area contributed by atoms with E-state index in [-0.39, 0.29) is 25.9 Å². The lowest BCUT2D eigenvalue weighted by Crippen LogP contribution is -2.61. The molecule has 1 fully saturated rings. The van der Waals surface area contributed by atoms with Crippen LogP contribution in [0.15, 0.2) is 72.9 Å². The van der Waals surface area contributed by atoms with Crippen LogP contribution >= 0.6 is 0 Å². The average molecular weight is 1030 g/mol. The maximum atomic E-state index is 13.1. The minimum Gasteiger partial charge on any atom is -0.479 e. The smallest absolute Gasteiger partial charge is 0.335 e. The summed E-state index contributed by atoms with van der Waals surface area (Å²) in [4.78, 5) is 51.0. The predicted molar refractivity (Wildman–Crippen MR) is 294 cm³/mol. The van der Waals surface area contributed by atoms with E-state index in [0.717, 1.165) is 89.9 Å².